The molecule has 1 amide bonds. The zero-order valence-corrected chi connectivity index (χ0v) is 20.7. The summed E-state index contributed by atoms with van der Waals surface area (Å²) in [7, 11) is 1.70. The summed E-state index contributed by atoms with van der Waals surface area (Å²) in [6, 6.07) is 4.34. The number of halogens is 6. The number of hydrogen-bond donors (Lipinski definition) is 3. The van der Waals surface area contributed by atoms with E-state index in [1.807, 2.05) is 11.3 Å². The summed E-state index contributed by atoms with van der Waals surface area (Å²) in [6.45, 7) is 7.09. The van der Waals surface area contributed by atoms with E-state index in [9.17, 15) is 31.1 Å². The highest BCUT2D eigenvalue weighted by molar-refractivity contribution is 7.09. The van der Waals surface area contributed by atoms with Crippen LogP contribution in [0.4, 0.5) is 26.3 Å². The fourth-order valence-electron chi connectivity index (χ4n) is 3.81. The Morgan fingerprint density at radius 2 is 1.62 bits per heavy atom. The van der Waals surface area contributed by atoms with Gasteiger partial charge in [-0.05, 0) is 30.8 Å². The summed E-state index contributed by atoms with van der Waals surface area (Å²) in [4.78, 5) is 35.8. The fourth-order valence-corrected chi connectivity index (χ4v) is 4.56. The summed E-state index contributed by atoms with van der Waals surface area (Å²) in [5.74, 6) is -5.42. The number of carbonyl (C=O) groups excluding carboxylic acids is 1. The lowest BCUT2D eigenvalue weighted by Gasteiger charge is -2.43. The van der Waals surface area contributed by atoms with Gasteiger partial charge >= 0.3 is 24.3 Å². The number of ether oxygens (including phenoxy) is 1. The zero-order valence-electron chi connectivity index (χ0n) is 19.9. The minimum absolute atomic E-state index is 0.0910. The molecule has 0 bridgehead atoms. The van der Waals surface area contributed by atoms with Crippen LogP contribution < -0.4 is 5.32 Å². The van der Waals surface area contributed by atoms with Crippen LogP contribution >= 0.6 is 11.3 Å². The van der Waals surface area contributed by atoms with Crippen LogP contribution in [0.2, 0.25) is 0 Å². The Kier molecular flexibility index (Phi) is 12.8. The van der Waals surface area contributed by atoms with Crippen LogP contribution in [0.5, 0.6) is 0 Å². The van der Waals surface area contributed by atoms with E-state index in [0.717, 1.165) is 45.9 Å². The second kappa shape index (κ2) is 14.5. The number of amides is 1. The third kappa shape index (κ3) is 12.6. The van der Waals surface area contributed by atoms with E-state index < -0.39 is 24.3 Å². The quantitative estimate of drug-likeness (QED) is 0.477. The van der Waals surface area contributed by atoms with E-state index in [2.05, 4.69) is 32.6 Å². The van der Waals surface area contributed by atoms with Gasteiger partial charge < -0.3 is 20.3 Å². The number of carbonyl (C=O) groups is 3. The van der Waals surface area contributed by atoms with E-state index in [4.69, 9.17) is 24.5 Å². The SMILES string of the molecule is CNC(=O)CN1CCOCC2(CCCN(Cc3cccs3)C2)C1.O=C(O)C(F)(F)F.O=C(O)C(F)(F)F. The molecular weight excluding hydrogens is 536 g/mol. The van der Waals surface area contributed by atoms with Crippen molar-refractivity contribution in [3.63, 3.8) is 0 Å². The van der Waals surface area contributed by atoms with E-state index in [1.165, 1.54) is 17.7 Å². The van der Waals surface area contributed by atoms with Crippen LogP contribution in [0.25, 0.3) is 0 Å². The van der Waals surface area contributed by atoms with Gasteiger partial charge in [-0.3, -0.25) is 14.6 Å². The Bertz CT molecular complexity index is 844. The van der Waals surface area contributed by atoms with Crippen molar-refractivity contribution < 1.29 is 55.7 Å². The molecule has 1 aromatic rings. The van der Waals surface area contributed by atoms with Crippen LogP contribution in [-0.2, 0) is 25.7 Å². The number of alkyl halides is 6. The first kappa shape index (κ1) is 32.6. The van der Waals surface area contributed by atoms with Crippen molar-refractivity contribution in [2.75, 3.05) is 53.0 Å². The van der Waals surface area contributed by atoms with Gasteiger partial charge in [0.2, 0.25) is 5.91 Å². The normalized spacial score (nSPS) is 21.1. The minimum atomic E-state index is -5.08. The molecule has 0 aromatic carbocycles. The van der Waals surface area contributed by atoms with E-state index >= 15 is 0 Å². The summed E-state index contributed by atoms with van der Waals surface area (Å²) < 4.78 is 69.4. The van der Waals surface area contributed by atoms with Gasteiger partial charge in [0, 0.05) is 43.5 Å². The molecule has 212 valence electrons. The van der Waals surface area contributed by atoms with Gasteiger partial charge in [-0.15, -0.1) is 11.3 Å². The van der Waals surface area contributed by atoms with Crippen molar-refractivity contribution in [3.05, 3.63) is 22.4 Å². The number of hydrogen-bond acceptors (Lipinski definition) is 7. The number of carboxylic acid groups (broad SMARTS) is 2. The van der Waals surface area contributed by atoms with Crippen LogP contribution in [0.15, 0.2) is 17.5 Å². The number of piperidine rings is 1. The highest BCUT2D eigenvalue weighted by Crippen LogP contribution is 2.34. The van der Waals surface area contributed by atoms with Crippen molar-refractivity contribution in [1.29, 1.82) is 0 Å². The smallest absolute Gasteiger partial charge is 0.475 e. The molecule has 0 saturated carbocycles. The Labute approximate surface area is 213 Å². The number of rotatable bonds is 4. The van der Waals surface area contributed by atoms with Crippen LogP contribution in [0.1, 0.15) is 17.7 Å². The Balaban J connectivity index is 0.000000404. The second-order valence-corrected chi connectivity index (χ2v) is 9.47. The number of likely N-dealkylation sites (tertiary alicyclic amines) is 1. The third-order valence-electron chi connectivity index (χ3n) is 5.35. The van der Waals surface area contributed by atoms with Crippen LogP contribution in [0.3, 0.4) is 0 Å². The molecule has 1 unspecified atom stereocenters. The van der Waals surface area contributed by atoms with Crippen molar-refractivity contribution in [2.24, 2.45) is 5.41 Å². The van der Waals surface area contributed by atoms with E-state index in [0.29, 0.717) is 6.54 Å². The first-order chi connectivity index (χ1) is 17.1. The molecule has 2 aliphatic rings. The average molecular weight is 566 g/mol. The molecule has 37 heavy (non-hydrogen) atoms. The highest BCUT2D eigenvalue weighted by atomic mass is 32.1. The average Bonchev–Trinajstić information content (AvgIpc) is 3.22. The first-order valence-corrected chi connectivity index (χ1v) is 11.8. The van der Waals surface area contributed by atoms with Crippen LogP contribution in [0, 0.1) is 5.41 Å². The monoisotopic (exact) mass is 565 g/mol. The molecule has 9 nitrogen and oxygen atoms in total. The molecule has 3 heterocycles. The molecule has 3 rings (SSSR count). The zero-order chi connectivity index (χ0) is 28.3. The number of nitrogens with zero attached hydrogens (tertiary/aromatic N) is 2. The van der Waals surface area contributed by atoms with Gasteiger partial charge in [0.25, 0.3) is 0 Å². The summed E-state index contributed by atoms with van der Waals surface area (Å²) in [5, 5.41) is 19.1. The number of thiophene rings is 1. The van der Waals surface area contributed by atoms with Crippen molar-refractivity contribution in [3.8, 4) is 0 Å². The minimum Gasteiger partial charge on any atom is -0.475 e. The number of likely N-dealkylation sites (N-methyl/N-ethyl adjacent to an activating group) is 1. The second-order valence-electron chi connectivity index (χ2n) is 8.44. The lowest BCUT2D eigenvalue weighted by Crippen LogP contribution is -2.51. The van der Waals surface area contributed by atoms with E-state index in [1.54, 1.807) is 7.05 Å². The summed E-state index contributed by atoms with van der Waals surface area (Å²) in [6.07, 6.45) is -7.76. The first-order valence-electron chi connectivity index (χ1n) is 10.9. The summed E-state index contributed by atoms with van der Waals surface area (Å²) in [5.41, 5.74) is 0.167. The Morgan fingerprint density at radius 3 is 2.11 bits per heavy atom. The third-order valence-corrected chi connectivity index (χ3v) is 6.21. The van der Waals surface area contributed by atoms with Crippen LogP contribution in [-0.4, -0.2) is 103 Å². The lowest BCUT2D eigenvalue weighted by atomic mass is 9.80. The van der Waals surface area contributed by atoms with Gasteiger partial charge in [0.1, 0.15) is 0 Å². The maximum Gasteiger partial charge on any atom is 0.490 e. The Morgan fingerprint density at radius 1 is 1.05 bits per heavy atom. The lowest BCUT2D eigenvalue weighted by molar-refractivity contribution is -0.193. The summed E-state index contributed by atoms with van der Waals surface area (Å²) >= 11 is 1.83. The largest absolute Gasteiger partial charge is 0.490 e. The van der Waals surface area contributed by atoms with Gasteiger partial charge in [0.05, 0.1) is 19.8 Å². The van der Waals surface area contributed by atoms with Gasteiger partial charge in [-0.25, -0.2) is 9.59 Å². The maximum absolute atomic E-state index is 11.7. The molecular formula is C21H29F6N3O6S. The van der Waals surface area contributed by atoms with Crippen molar-refractivity contribution in [1.82, 2.24) is 15.1 Å². The number of nitrogens with one attached hydrogen (secondary N) is 1. The van der Waals surface area contributed by atoms with Crippen molar-refractivity contribution >= 4 is 29.2 Å². The van der Waals surface area contributed by atoms with Gasteiger partial charge in [-0.2, -0.15) is 26.3 Å². The predicted molar refractivity (Wildman–Crippen MR) is 120 cm³/mol. The molecule has 0 radical (unpaired) electrons. The fraction of sp³-hybridized carbons (Fsp3) is 0.667. The molecule has 2 aliphatic heterocycles. The molecule has 1 spiro atoms. The number of aliphatic carboxylic acids is 2. The topological polar surface area (TPSA) is 119 Å². The molecule has 1 aromatic heterocycles. The maximum atomic E-state index is 11.7. The standard InChI is InChI=1S/C17H27N3O2S.2C2HF3O2/c1-18-16(21)11-20-7-8-22-14-17(13-20)5-3-6-19(12-17)10-15-4-2-9-23-15;2*3-2(4,5)1(6)7/h2,4,9H,3,5-8,10-14H2,1H3,(H,18,21);2*(H,6,7). The van der Waals surface area contributed by atoms with Gasteiger partial charge in [0.15, 0.2) is 0 Å². The molecule has 3 N–H and O–H groups in total. The highest BCUT2D eigenvalue weighted by Gasteiger charge is 2.40. The molecule has 2 fully saturated rings. The molecule has 2 saturated heterocycles. The van der Waals surface area contributed by atoms with Crippen molar-refractivity contribution in [2.45, 2.75) is 31.7 Å². The Hall–Kier alpha value is -2.43. The predicted octanol–water partition coefficient (Wildman–Crippen LogP) is 2.68. The van der Waals surface area contributed by atoms with E-state index in [-0.39, 0.29) is 11.3 Å². The molecule has 1 atom stereocenters. The molecule has 16 heteroatoms. The molecule has 0 aliphatic carbocycles. The van der Waals surface area contributed by atoms with Gasteiger partial charge in [-0.1, -0.05) is 6.07 Å². The number of carboxylic acids is 2.